The number of nitrogens with zero attached hydrogens (tertiary/aromatic N) is 1. The van der Waals surface area contributed by atoms with E-state index < -0.39 is 0 Å². The zero-order chi connectivity index (χ0) is 13.1. The summed E-state index contributed by atoms with van der Waals surface area (Å²) in [6, 6.07) is 5.58. The van der Waals surface area contributed by atoms with Crippen LogP contribution in [0.4, 0.5) is 0 Å². The molecule has 1 aliphatic rings. The highest BCUT2D eigenvalue weighted by molar-refractivity contribution is 9.10. The molecule has 18 heavy (non-hydrogen) atoms. The van der Waals surface area contributed by atoms with Gasteiger partial charge in [0.25, 0.3) is 5.91 Å². The summed E-state index contributed by atoms with van der Waals surface area (Å²) >= 11 is 3.39. The first-order valence-corrected chi connectivity index (χ1v) is 6.64. The predicted molar refractivity (Wildman–Crippen MR) is 70.4 cm³/mol. The highest BCUT2D eigenvalue weighted by Gasteiger charge is 2.26. The molecule has 4 nitrogen and oxygen atoms in total. The number of carbonyl (C=O) groups excluding carboxylic acids is 2. The van der Waals surface area contributed by atoms with Gasteiger partial charge in [0, 0.05) is 16.6 Å². The van der Waals surface area contributed by atoms with Crippen molar-refractivity contribution in [3.8, 4) is 0 Å². The number of halogens is 1. The summed E-state index contributed by atoms with van der Waals surface area (Å²) < 4.78 is 5.83. The summed E-state index contributed by atoms with van der Waals surface area (Å²) in [5.41, 5.74) is 1.70. The molecule has 0 bridgehead atoms. The molecular weight excluding hydrogens is 298 g/mol. The van der Waals surface area contributed by atoms with Gasteiger partial charge in [-0.05, 0) is 37.1 Å². The van der Waals surface area contributed by atoms with Gasteiger partial charge in [0.2, 0.25) is 0 Å². The number of carbonyl (C=O) groups is 2. The third kappa shape index (κ3) is 2.72. The minimum atomic E-state index is -0.355. The minimum Gasteiger partial charge on any atom is -0.465 e. The summed E-state index contributed by atoms with van der Waals surface area (Å²) in [7, 11) is 0. The quantitative estimate of drug-likeness (QED) is 0.802. The van der Waals surface area contributed by atoms with Crippen LogP contribution in [0, 0.1) is 0 Å². The van der Waals surface area contributed by atoms with Crippen molar-refractivity contribution in [3.63, 3.8) is 0 Å². The van der Waals surface area contributed by atoms with Crippen molar-refractivity contribution in [2.24, 2.45) is 0 Å². The van der Waals surface area contributed by atoms with Gasteiger partial charge in [-0.2, -0.15) is 0 Å². The van der Waals surface area contributed by atoms with Gasteiger partial charge in [-0.1, -0.05) is 15.9 Å². The Morgan fingerprint density at radius 1 is 1.50 bits per heavy atom. The van der Waals surface area contributed by atoms with Gasteiger partial charge < -0.3 is 9.64 Å². The normalized spacial score (nSPS) is 14.3. The summed E-state index contributed by atoms with van der Waals surface area (Å²) in [4.78, 5) is 25.1. The molecular formula is C13H14BrNO3. The molecule has 96 valence electrons. The Kier molecular flexibility index (Phi) is 4.01. The molecule has 0 saturated heterocycles. The fraction of sp³-hybridized carbons (Fsp3) is 0.385. The Balaban J connectivity index is 2.13. The molecule has 1 amide bonds. The molecule has 0 N–H and O–H groups in total. The van der Waals surface area contributed by atoms with Gasteiger partial charge in [-0.25, -0.2) is 0 Å². The van der Waals surface area contributed by atoms with Crippen molar-refractivity contribution in [1.82, 2.24) is 4.90 Å². The highest BCUT2D eigenvalue weighted by Crippen LogP contribution is 2.22. The lowest BCUT2D eigenvalue weighted by atomic mass is 9.99. The van der Waals surface area contributed by atoms with Gasteiger partial charge in [0.1, 0.15) is 6.54 Å². The van der Waals surface area contributed by atoms with E-state index in [-0.39, 0.29) is 18.4 Å². The number of hydrogen-bond donors (Lipinski definition) is 0. The van der Waals surface area contributed by atoms with Crippen LogP contribution in [-0.4, -0.2) is 36.5 Å². The third-order valence-electron chi connectivity index (χ3n) is 2.86. The molecule has 1 aromatic rings. The standard InChI is InChI=1S/C13H14BrNO3/c1-2-18-12(16)8-15-6-5-9-7-10(14)3-4-11(9)13(15)17/h3-4,7H,2,5-6,8H2,1H3. The number of benzene rings is 1. The smallest absolute Gasteiger partial charge is 0.325 e. The van der Waals surface area contributed by atoms with Gasteiger partial charge in [0.15, 0.2) is 0 Å². The molecule has 1 aliphatic heterocycles. The Morgan fingerprint density at radius 3 is 3.00 bits per heavy atom. The maximum Gasteiger partial charge on any atom is 0.325 e. The van der Waals surface area contributed by atoms with Gasteiger partial charge in [0.05, 0.1) is 6.61 Å². The van der Waals surface area contributed by atoms with E-state index in [1.165, 1.54) is 4.90 Å². The molecule has 0 saturated carbocycles. The molecule has 0 aromatic heterocycles. The van der Waals surface area contributed by atoms with E-state index in [1.807, 2.05) is 12.1 Å². The van der Waals surface area contributed by atoms with Crippen molar-refractivity contribution >= 4 is 27.8 Å². The van der Waals surface area contributed by atoms with E-state index in [9.17, 15) is 9.59 Å². The molecule has 1 heterocycles. The molecule has 1 aromatic carbocycles. The van der Waals surface area contributed by atoms with Crippen molar-refractivity contribution in [2.75, 3.05) is 19.7 Å². The zero-order valence-electron chi connectivity index (χ0n) is 10.1. The van der Waals surface area contributed by atoms with Gasteiger partial charge >= 0.3 is 5.97 Å². The van der Waals surface area contributed by atoms with E-state index in [1.54, 1.807) is 13.0 Å². The summed E-state index contributed by atoms with van der Waals surface area (Å²) in [6.07, 6.45) is 0.764. The molecule has 0 radical (unpaired) electrons. The topological polar surface area (TPSA) is 46.6 Å². The Morgan fingerprint density at radius 2 is 2.28 bits per heavy atom. The molecule has 0 spiro atoms. The highest BCUT2D eigenvalue weighted by atomic mass is 79.9. The van der Waals surface area contributed by atoms with E-state index in [4.69, 9.17) is 4.74 Å². The maximum atomic E-state index is 12.2. The molecule has 0 atom stereocenters. The van der Waals surface area contributed by atoms with Crippen LogP contribution in [0.2, 0.25) is 0 Å². The van der Waals surface area contributed by atoms with Crippen molar-refractivity contribution in [1.29, 1.82) is 0 Å². The fourth-order valence-corrected chi connectivity index (χ4v) is 2.43. The van der Waals surface area contributed by atoms with Gasteiger partial charge in [-0.3, -0.25) is 9.59 Å². The summed E-state index contributed by atoms with van der Waals surface area (Å²) in [5, 5.41) is 0. The van der Waals surface area contributed by atoms with Crippen LogP contribution in [0.5, 0.6) is 0 Å². The van der Waals surface area contributed by atoms with Crippen molar-refractivity contribution < 1.29 is 14.3 Å². The lowest BCUT2D eigenvalue weighted by Crippen LogP contribution is -2.41. The lowest BCUT2D eigenvalue weighted by molar-refractivity contribution is -0.143. The second-order valence-electron chi connectivity index (χ2n) is 4.08. The van der Waals surface area contributed by atoms with Crippen LogP contribution in [-0.2, 0) is 16.0 Å². The summed E-state index contributed by atoms with van der Waals surface area (Å²) in [6.45, 7) is 2.68. The monoisotopic (exact) mass is 311 g/mol. The van der Waals surface area contributed by atoms with Crippen LogP contribution >= 0.6 is 15.9 Å². The number of esters is 1. The summed E-state index contributed by atoms with van der Waals surface area (Å²) in [5.74, 6) is -0.455. The van der Waals surface area contributed by atoms with Crippen LogP contribution in [0.3, 0.4) is 0 Å². The molecule has 0 fully saturated rings. The van der Waals surface area contributed by atoms with Gasteiger partial charge in [-0.15, -0.1) is 0 Å². The SMILES string of the molecule is CCOC(=O)CN1CCc2cc(Br)ccc2C1=O. The van der Waals surface area contributed by atoms with Crippen molar-refractivity contribution in [2.45, 2.75) is 13.3 Å². The molecule has 0 aliphatic carbocycles. The Hall–Kier alpha value is -1.36. The Bertz CT molecular complexity index is 487. The van der Waals surface area contributed by atoms with E-state index in [0.29, 0.717) is 18.7 Å². The molecule has 0 unspecified atom stereocenters. The number of ether oxygens (including phenoxy) is 1. The first kappa shape index (κ1) is 13.1. The number of hydrogen-bond acceptors (Lipinski definition) is 3. The fourth-order valence-electron chi connectivity index (χ4n) is 2.02. The first-order valence-electron chi connectivity index (χ1n) is 5.85. The predicted octanol–water partition coefficient (Wildman–Crippen LogP) is 2.01. The van der Waals surface area contributed by atoms with Crippen LogP contribution in [0.1, 0.15) is 22.8 Å². The number of fused-ring (bicyclic) bond motifs is 1. The third-order valence-corrected chi connectivity index (χ3v) is 3.35. The average Bonchev–Trinajstić information content (AvgIpc) is 2.33. The minimum absolute atomic E-state index is 0.0299. The van der Waals surface area contributed by atoms with Crippen LogP contribution in [0.25, 0.3) is 0 Å². The lowest BCUT2D eigenvalue weighted by Gasteiger charge is -2.27. The number of amides is 1. The molecule has 2 rings (SSSR count). The first-order chi connectivity index (χ1) is 8.61. The van der Waals surface area contributed by atoms with Crippen LogP contribution in [0.15, 0.2) is 22.7 Å². The largest absolute Gasteiger partial charge is 0.465 e. The zero-order valence-corrected chi connectivity index (χ0v) is 11.7. The molecule has 5 heteroatoms. The van der Waals surface area contributed by atoms with E-state index >= 15 is 0 Å². The van der Waals surface area contributed by atoms with E-state index in [0.717, 1.165) is 16.5 Å². The van der Waals surface area contributed by atoms with E-state index in [2.05, 4.69) is 15.9 Å². The Labute approximate surface area is 114 Å². The second-order valence-corrected chi connectivity index (χ2v) is 5.00. The van der Waals surface area contributed by atoms with Crippen LogP contribution < -0.4 is 0 Å². The second kappa shape index (κ2) is 5.52. The maximum absolute atomic E-state index is 12.2. The average molecular weight is 312 g/mol. The number of rotatable bonds is 3. The van der Waals surface area contributed by atoms with Crippen molar-refractivity contribution in [3.05, 3.63) is 33.8 Å².